The number of amides is 1. The lowest BCUT2D eigenvalue weighted by atomic mass is 9.94. The number of carbonyl (C=O) groups is 1. The Hall–Kier alpha value is -0.810. The third-order valence-electron chi connectivity index (χ3n) is 4.91. The number of nitrogens with zero attached hydrogens (tertiary/aromatic N) is 1. The largest absolute Gasteiger partial charge is 0.370 e. The molecule has 23 heavy (non-hydrogen) atoms. The van der Waals surface area contributed by atoms with Gasteiger partial charge < -0.3 is 15.4 Å². The van der Waals surface area contributed by atoms with Crippen LogP contribution >= 0.6 is 24.0 Å². The highest BCUT2D eigenvalue weighted by atomic mass is 35.5. The van der Waals surface area contributed by atoms with E-state index in [0.717, 1.165) is 24.8 Å². The van der Waals surface area contributed by atoms with Crippen molar-refractivity contribution in [3.05, 3.63) is 34.9 Å². The van der Waals surface area contributed by atoms with Gasteiger partial charge in [-0.25, -0.2) is 0 Å². The lowest BCUT2D eigenvalue weighted by Crippen LogP contribution is -2.46. The van der Waals surface area contributed by atoms with Gasteiger partial charge >= 0.3 is 0 Å². The molecule has 1 aromatic rings. The van der Waals surface area contributed by atoms with E-state index in [0.29, 0.717) is 37.2 Å². The molecular weight excluding hydrogens is 335 g/mol. The predicted molar refractivity (Wildman–Crippen MR) is 93.9 cm³/mol. The number of rotatable bonds is 3. The van der Waals surface area contributed by atoms with Gasteiger partial charge in [-0.2, -0.15) is 0 Å². The Kier molecular flexibility index (Phi) is 6.72. The van der Waals surface area contributed by atoms with Crippen molar-refractivity contribution in [1.29, 1.82) is 0 Å². The molecule has 2 fully saturated rings. The minimum atomic E-state index is -0.135. The molecule has 1 unspecified atom stereocenters. The molecule has 4 nitrogen and oxygen atoms in total. The van der Waals surface area contributed by atoms with Gasteiger partial charge in [0.25, 0.3) is 0 Å². The fraction of sp³-hybridized carbons (Fsp3) is 0.588. The van der Waals surface area contributed by atoms with Gasteiger partial charge in [0.05, 0.1) is 13.2 Å². The van der Waals surface area contributed by atoms with Crippen molar-refractivity contribution in [3.63, 3.8) is 0 Å². The number of ether oxygens (including phenoxy) is 1. The highest BCUT2D eigenvalue weighted by Gasteiger charge is 2.36. The molecule has 2 aliphatic rings. The average molecular weight is 359 g/mol. The fourth-order valence-corrected chi connectivity index (χ4v) is 3.91. The van der Waals surface area contributed by atoms with E-state index in [2.05, 4.69) is 0 Å². The molecule has 3 atom stereocenters. The van der Waals surface area contributed by atoms with Crippen LogP contribution < -0.4 is 5.73 Å². The Labute approximate surface area is 148 Å². The summed E-state index contributed by atoms with van der Waals surface area (Å²) in [6.45, 7) is 2.40. The van der Waals surface area contributed by atoms with Crippen molar-refractivity contribution in [2.24, 2.45) is 17.6 Å². The summed E-state index contributed by atoms with van der Waals surface area (Å²) in [5.41, 5.74) is 6.78. The SMILES string of the molecule is Cl.NC[C@H]1CCC[C@H]1C(=O)N1CCOC(c2ccccc2Cl)C1. The third kappa shape index (κ3) is 4.00. The van der Waals surface area contributed by atoms with Crippen LogP contribution in [0, 0.1) is 11.8 Å². The second-order valence-corrected chi connectivity index (χ2v) is 6.61. The molecule has 0 bridgehead atoms. The minimum Gasteiger partial charge on any atom is -0.370 e. The number of morpholine rings is 1. The van der Waals surface area contributed by atoms with E-state index in [-0.39, 0.29) is 30.3 Å². The maximum Gasteiger partial charge on any atom is 0.226 e. The van der Waals surface area contributed by atoms with E-state index >= 15 is 0 Å². The monoisotopic (exact) mass is 358 g/mol. The summed E-state index contributed by atoms with van der Waals surface area (Å²) in [6, 6.07) is 7.69. The summed E-state index contributed by atoms with van der Waals surface area (Å²) in [7, 11) is 0. The minimum absolute atomic E-state index is 0. The Balaban J connectivity index is 0.00000192. The van der Waals surface area contributed by atoms with Crippen molar-refractivity contribution in [2.75, 3.05) is 26.2 Å². The molecule has 1 saturated carbocycles. The van der Waals surface area contributed by atoms with E-state index < -0.39 is 0 Å². The highest BCUT2D eigenvalue weighted by molar-refractivity contribution is 6.31. The van der Waals surface area contributed by atoms with Gasteiger partial charge in [-0.1, -0.05) is 36.2 Å². The van der Waals surface area contributed by atoms with Gasteiger partial charge in [-0.05, 0) is 31.4 Å². The zero-order valence-corrected chi connectivity index (χ0v) is 14.7. The highest BCUT2D eigenvalue weighted by Crippen LogP contribution is 2.34. The first-order valence-electron chi connectivity index (χ1n) is 8.05. The topological polar surface area (TPSA) is 55.6 Å². The standard InChI is InChI=1S/C17H23ClN2O2.ClH/c18-15-7-2-1-5-14(15)16-11-20(8-9-22-16)17(21)13-6-3-4-12(13)10-19;/h1-2,5,7,12-13,16H,3-4,6,8-11,19H2;1H/t12-,13-,16?;/m1./s1. The molecule has 1 aliphatic heterocycles. The van der Waals surface area contributed by atoms with Crippen molar-refractivity contribution in [1.82, 2.24) is 4.90 Å². The first kappa shape index (κ1) is 18.5. The number of halogens is 2. The van der Waals surface area contributed by atoms with Crippen LogP contribution in [0.15, 0.2) is 24.3 Å². The molecule has 1 aromatic carbocycles. The maximum atomic E-state index is 12.8. The van der Waals surface area contributed by atoms with Crippen LogP contribution in [0.4, 0.5) is 0 Å². The van der Waals surface area contributed by atoms with Crippen LogP contribution in [0.5, 0.6) is 0 Å². The van der Waals surface area contributed by atoms with Gasteiger partial charge in [0.2, 0.25) is 5.91 Å². The first-order chi connectivity index (χ1) is 10.7. The quantitative estimate of drug-likeness (QED) is 0.903. The van der Waals surface area contributed by atoms with Crippen LogP contribution in [0.3, 0.4) is 0 Å². The lowest BCUT2D eigenvalue weighted by Gasteiger charge is -2.36. The summed E-state index contributed by atoms with van der Waals surface area (Å²) < 4.78 is 5.84. The molecule has 0 spiro atoms. The summed E-state index contributed by atoms with van der Waals surface area (Å²) in [6.07, 6.45) is 3.01. The zero-order chi connectivity index (χ0) is 15.5. The Bertz CT molecular complexity index is 541. The number of nitrogens with two attached hydrogens (primary N) is 1. The molecule has 3 rings (SSSR count). The van der Waals surface area contributed by atoms with Gasteiger partial charge in [0, 0.05) is 23.0 Å². The Morgan fingerprint density at radius 1 is 1.35 bits per heavy atom. The van der Waals surface area contributed by atoms with Crippen LogP contribution in [-0.4, -0.2) is 37.0 Å². The summed E-state index contributed by atoms with van der Waals surface area (Å²) in [5, 5.41) is 0.697. The van der Waals surface area contributed by atoms with Crippen molar-refractivity contribution in [3.8, 4) is 0 Å². The summed E-state index contributed by atoms with van der Waals surface area (Å²) in [4.78, 5) is 14.8. The van der Waals surface area contributed by atoms with E-state index in [9.17, 15) is 4.79 Å². The predicted octanol–water partition coefficient (Wildman–Crippen LogP) is 3.04. The van der Waals surface area contributed by atoms with Crippen LogP contribution in [0.25, 0.3) is 0 Å². The molecule has 1 heterocycles. The number of carbonyl (C=O) groups excluding carboxylic acids is 1. The fourth-order valence-electron chi connectivity index (χ4n) is 3.65. The smallest absolute Gasteiger partial charge is 0.226 e. The van der Waals surface area contributed by atoms with Crippen molar-refractivity contribution in [2.45, 2.75) is 25.4 Å². The molecular formula is C17H24Cl2N2O2. The van der Waals surface area contributed by atoms with E-state index in [1.165, 1.54) is 0 Å². The molecule has 1 amide bonds. The summed E-state index contributed by atoms with van der Waals surface area (Å²) in [5.74, 6) is 0.678. The molecule has 1 saturated heterocycles. The Morgan fingerprint density at radius 3 is 2.87 bits per heavy atom. The van der Waals surface area contributed by atoms with Gasteiger partial charge in [-0.15, -0.1) is 12.4 Å². The summed E-state index contributed by atoms with van der Waals surface area (Å²) >= 11 is 6.26. The molecule has 1 aliphatic carbocycles. The molecule has 0 aromatic heterocycles. The van der Waals surface area contributed by atoms with Crippen molar-refractivity contribution >= 4 is 29.9 Å². The first-order valence-corrected chi connectivity index (χ1v) is 8.43. The lowest BCUT2D eigenvalue weighted by molar-refractivity contribution is -0.144. The Morgan fingerprint density at radius 2 is 2.13 bits per heavy atom. The van der Waals surface area contributed by atoms with Gasteiger partial charge in [0.1, 0.15) is 6.10 Å². The van der Waals surface area contributed by atoms with Gasteiger partial charge in [0.15, 0.2) is 0 Å². The van der Waals surface area contributed by atoms with E-state index in [1.54, 1.807) is 0 Å². The molecule has 2 N–H and O–H groups in total. The molecule has 6 heteroatoms. The molecule has 128 valence electrons. The number of benzene rings is 1. The van der Waals surface area contributed by atoms with Crippen LogP contribution in [0.2, 0.25) is 5.02 Å². The number of hydrogen-bond donors (Lipinski definition) is 1. The van der Waals surface area contributed by atoms with E-state index in [4.69, 9.17) is 22.1 Å². The second kappa shape index (κ2) is 8.34. The normalized spacial score (nSPS) is 27.6. The van der Waals surface area contributed by atoms with Crippen LogP contribution in [0.1, 0.15) is 30.9 Å². The second-order valence-electron chi connectivity index (χ2n) is 6.20. The van der Waals surface area contributed by atoms with Crippen molar-refractivity contribution < 1.29 is 9.53 Å². The molecule has 0 radical (unpaired) electrons. The van der Waals surface area contributed by atoms with E-state index in [1.807, 2.05) is 29.2 Å². The van der Waals surface area contributed by atoms with Crippen LogP contribution in [-0.2, 0) is 9.53 Å². The van der Waals surface area contributed by atoms with Gasteiger partial charge in [-0.3, -0.25) is 4.79 Å². The number of hydrogen-bond acceptors (Lipinski definition) is 3. The zero-order valence-electron chi connectivity index (χ0n) is 13.1. The third-order valence-corrected chi connectivity index (χ3v) is 5.25. The average Bonchev–Trinajstić information content (AvgIpc) is 3.03. The maximum absolute atomic E-state index is 12.8.